The van der Waals surface area contributed by atoms with Crippen LogP contribution in [0.1, 0.15) is 11.3 Å². The van der Waals surface area contributed by atoms with Crippen LogP contribution in [0.15, 0.2) is 30.7 Å². The molecule has 78 valence electrons. The van der Waals surface area contributed by atoms with Crippen molar-refractivity contribution in [2.45, 2.75) is 13.5 Å². The van der Waals surface area contributed by atoms with Crippen LogP contribution in [0, 0.1) is 12.7 Å². The third-order valence-corrected chi connectivity index (χ3v) is 2.36. The molecular weight excluding hydrogens is 193 g/mol. The second-order valence-electron chi connectivity index (χ2n) is 3.39. The highest BCUT2D eigenvalue weighted by molar-refractivity contribution is 5.36. The van der Waals surface area contributed by atoms with Crippen molar-refractivity contribution in [1.82, 2.24) is 9.55 Å². The molecule has 2 rings (SSSR count). The first-order chi connectivity index (χ1) is 7.22. The summed E-state index contributed by atoms with van der Waals surface area (Å²) < 4.78 is 15.1. The number of halogens is 1. The van der Waals surface area contributed by atoms with E-state index in [0.29, 0.717) is 12.1 Å². The fourth-order valence-electron chi connectivity index (χ4n) is 1.44. The predicted octanol–water partition coefficient (Wildman–Crippen LogP) is 1.78. The molecule has 3 nitrogen and oxygen atoms in total. The summed E-state index contributed by atoms with van der Waals surface area (Å²) in [5.74, 6) is -0.218. The van der Waals surface area contributed by atoms with Crippen molar-refractivity contribution in [3.05, 3.63) is 47.8 Å². The summed E-state index contributed by atoms with van der Waals surface area (Å²) in [6, 6.07) is 5.07. The van der Waals surface area contributed by atoms with Gasteiger partial charge in [0.05, 0.1) is 12.0 Å². The Morgan fingerprint density at radius 2 is 2.27 bits per heavy atom. The summed E-state index contributed by atoms with van der Waals surface area (Å²) in [4.78, 5) is 3.98. The smallest absolute Gasteiger partial charge is 0.128 e. The van der Waals surface area contributed by atoms with Crippen LogP contribution in [0.5, 0.6) is 0 Å². The third-order valence-electron chi connectivity index (χ3n) is 2.36. The molecule has 0 atom stereocenters. The number of hydrogen-bond acceptors (Lipinski definition) is 2. The van der Waals surface area contributed by atoms with E-state index >= 15 is 0 Å². The number of hydrogen-bond donors (Lipinski definition) is 1. The van der Waals surface area contributed by atoms with Gasteiger partial charge in [-0.1, -0.05) is 6.07 Å². The second-order valence-corrected chi connectivity index (χ2v) is 3.39. The molecule has 1 aromatic carbocycles. The van der Waals surface area contributed by atoms with E-state index in [1.807, 2.05) is 6.07 Å². The Labute approximate surface area is 87.4 Å². The fraction of sp³-hybridized carbons (Fsp3) is 0.182. The molecule has 0 unspecified atom stereocenters. The normalized spacial score (nSPS) is 10.6. The number of nitrogens with two attached hydrogens (primary N) is 1. The minimum Gasteiger partial charge on any atom is -0.325 e. The van der Waals surface area contributed by atoms with Crippen LogP contribution >= 0.6 is 0 Å². The first-order valence-electron chi connectivity index (χ1n) is 4.70. The SMILES string of the molecule is Cc1ccc(-n2cncc2CN)cc1F. The van der Waals surface area contributed by atoms with Gasteiger partial charge in [-0.05, 0) is 24.6 Å². The lowest BCUT2D eigenvalue weighted by Gasteiger charge is -2.07. The molecule has 4 heteroatoms. The summed E-state index contributed by atoms with van der Waals surface area (Å²) in [5.41, 5.74) is 7.78. The van der Waals surface area contributed by atoms with Gasteiger partial charge in [0.25, 0.3) is 0 Å². The zero-order valence-electron chi connectivity index (χ0n) is 8.44. The average Bonchev–Trinajstić information content (AvgIpc) is 2.70. The van der Waals surface area contributed by atoms with E-state index in [2.05, 4.69) is 4.98 Å². The van der Waals surface area contributed by atoms with Crippen LogP contribution in [0.2, 0.25) is 0 Å². The summed E-state index contributed by atoms with van der Waals surface area (Å²) in [5, 5.41) is 0. The van der Waals surface area contributed by atoms with Crippen molar-refractivity contribution in [3.63, 3.8) is 0 Å². The van der Waals surface area contributed by atoms with Gasteiger partial charge in [-0.2, -0.15) is 0 Å². The quantitative estimate of drug-likeness (QED) is 0.812. The Morgan fingerprint density at radius 1 is 1.47 bits per heavy atom. The zero-order chi connectivity index (χ0) is 10.8. The molecule has 0 aliphatic rings. The van der Waals surface area contributed by atoms with Crippen molar-refractivity contribution in [3.8, 4) is 5.69 Å². The molecule has 0 saturated carbocycles. The summed E-state index contributed by atoms with van der Waals surface area (Å²) in [6.45, 7) is 2.12. The Kier molecular flexibility index (Phi) is 2.51. The van der Waals surface area contributed by atoms with Gasteiger partial charge in [-0.25, -0.2) is 9.37 Å². The molecule has 0 saturated heterocycles. The molecule has 0 radical (unpaired) electrons. The lowest BCUT2D eigenvalue weighted by Crippen LogP contribution is -2.04. The first kappa shape index (κ1) is 9.86. The lowest BCUT2D eigenvalue weighted by molar-refractivity contribution is 0.617. The van der Waals surface area contributed by atoms with E-state index in [1.165, 1.54) is 6.07 Å². The van der Waals surface area contributed by atoms with Crippen molar-refractivity contribution in [2.75, 3.05) is 0 Å². The van der Waals surface area contributed by atoms with E-state index in [9.17, 15) is 4.39 Å². The van der Waals surface area contributed by atoms with E-state index in [1.54, 1.807) is 30.1 Å². The molecule has 0 aliphatic carbocycles. The zero-order valence-corrected chi connectivity index (χ0v) is 8.44. The third kappa shape index (κ3) is 1.76. The van der Waals surface area contributed by atoms with Gasteiger partial charge < -0.3 is 10.3 Å². The number of imidazole rings is 1. The van der Waals surface area contributed by atoms with Gasteiger partial charge in [0.1, 0.15) is 5.82 Å². The molecule has 0 aliphatic heterocycles. The monoisotopic (exact) mass is 205 g/mol. The van der Waals surface area contributed by atoms with E-state index < -0.39 is 0 Å². The number of rotatable bonds is 2. The van der Waals surface area contributed by atoms with Crippen molar-refractivity contribution in [2.24, 2.45) is 5.73 Å². The van der Waals surface area contributed by atoms with E-state index in [4.69, 9.17) is 5.73 Å². The van der Waals surface area contributed by atoms with Crippen molar-refractivity contribution in [1.29, 1.82) is 0 Å². The van der Waals surface area contributed by atoms with Crippen LogP contribution in [0.4, 0.5) is 4.39 Å². The molecule has 0 spiro atoms. The number of benzene rings is 1. The Balaban J connectivity index is 2.50. The van der Waals surface area contributed by atoms with Crippen LogP contribution < -0.4 is 5.73 Å². The molecule has 0 fully saturated rings. The van der Waals surface area contributed by atoms with Gasteiger partial charge in [-0.3, -0.25) is 0 Å². The number of nitrogens with zero attached hydrogens (tertiary/aromatic N) is 2. The fourth-order valence-corrected chi connectivity index (χ4v) is 1.44. The highest BCUT2D eigenvalue weighted by Crippen LogP contribution is 2.15. The minimum atomic E-state index is -0.218. The molecule has 2 N–H and O–H groups in total. The molecule has 0 amide bonds. The van der Waals surface area contributed by atoms with Crippen LogP contribution in [0.3, 0.4) is 0 Å². The molecule has 1 aromatic heterocycles. The lowest BCUT2D eigenvalue weighted by atomic mass is 10.2. The molecule has 2 aromatic rings. The Bertz CT molecular complexity index is 476. The van der Waals surface area contributed by atoms with E-state index in [-0.39, 0.29) is 5.82 Å². The molecule has 0 bridgehead atoms. The van der Waals surface area contributed by atoms with Gasteiger partial charge in [0.15, 0.2) is 0 Å². The number of aromatic nitrogens is 2. The minimum absolute atomic E-state index is 0.218. The average molecular weight is 205 g/mol. The summed E-state index contributed by atoms with van der Waals surface area (Å²) >= 11 is 0. The highest BCUT2D eigenvalue weighted by atomic mass is 19.1. The van der Waals surface area contributed by atoms with Crippen LogP contribution in [-0.2, 0) is 6.54 Å². The standard InChI is InChI=1S/C11H12FN3/c1-8-2-3-9(4-11(8)12)15-7-14-6-10(15)5-13/h2-4,6-7H,5,13H2,1H3. The van der Waals surface area contributed by atoms with Gasteiger partial charge >= 0.3 is 0 Å². The first-order valence-corrected chi connectivity index (χ1v) is 4.70. The maximum atomic E-state index is 13.3. The van der Waals surface area contributed by atoms with Gasteiger partial charge in [0.2, 0.25) is 0 Å². The summed E-state index contributed by atoms with van der Waals surface area (Å²) in [6.07, 6.45) is 3.31. The maximum Gasteiger partial charge on any atom is 0.128 e. The van der Waals surface area contributed by atoms with Crippen LogP contribution in [0.25, 0.3) is 5.69 Å². The van der Waals surface area contributed by atoms with Gasteiger partial charge in [-0.15, -0.1) is 0 Å². The second kappa shape index (κ2) is 3.82. The number of aryl methyl sites for hydroxylation is 1. The van der Waals surface area contributed by atoms with Crippen molar-refractivity contribution < 1.29 is 4.39 Å². The molecule has 1 heterocycles. The Morgan fingerprint density at radius 3 is 2.93 bits per heavy atom. The maximum absolute atomic E-state index is 13.3. The molecule has 15 heavy (non-hydrogen) atoms. The van der Waals surface area contributed by atoms with Gasteiger partial charge in [0, 0.05) is 18.4 Å². The largest absolute Gasteiger partial charge is 0.325 e. The molecular formula is C11H12FN3. The van der Waals surface area contributed by atoms with Crippen LogP contribution in [-0.4, -0.2) is 9.55 Å². The topological polar surface area (TPSA) is 43.8 Å². The summed E-state index contributed by atoms with van der Waals surface area (Å²) in [7, 11) is 0. The highest BCUT2D eigenvalue weighted by Gasteiger charge is 2.04. The van der Waals surface area contributed by atoms with E-state index in [0.717, 1.165) is 11.4 Å². The predicted molar refractivity (Wildman–Crippen MR) is 56.2 cm³/mol. The Hall–Kier alpha value is -1.68. The van der Waals surface area contributed by atoms with Crippen molar-refractivity contribution >= 4 is 0 Å².